The van der Waals surface area contributed by atoms with Gasteiger partial charge in [0, 0.05) is 19.6 Å². The summed E-state index contributed by atoms with van der Waals surface area (Å²) in [6, 6.07) is 9.37. The molecule has 1 saturated heterocycles. The summed E-state index contributed by atoms with van der Waals surface area (Å²) in [5.74, 6) is -0.596. The SMILES string of the molecule is Cc1cc(COCCCOc2ccc(S(=O)(=O)C3(C(=O)NO)CCOCC3)cc2)cc(C(F)(F)F)c1. The predicted molar refractivity (Wildman–Crippen MR) is 122 cm³/mol. The summed E-state index contributed by atoms with van der Waals surface area (Å²) < 4.78 is 79.6. The largest absolute Gasteiger partial charge is 0.494 e. The molecule has 0 atom stereocenters. The van der Waals surface area contributed by atoms with Gasteiger partial charge < -0.3 is 14.2 Å². The molecule has 0 aliphatic carbocycles. The summed E-state index contributed by atoms with van der Waals surface area (Å²) in [6.07, 6.45) is -4.13. The van der Waals surface area contributed by atoms with E-state index < -0.39 is 32.2 Å². The van der Waals surface area contributed by atoms with Crippen LogP contribution in [0.3, 0.4) is 0 Å². The molecule has 0 aromatic heterocycles. The lowest BCUT2D eigenvalue weighted by atomic mass is 9.98. The zero-order valence-electron chi connectivity index (χ0n) is 19.6. The van der Waals surface area contributed by atoms with Crippen LogP contribution in [0.5, 0.6) is 5.75 Å². The van der Waals surface area contributed by atoms with Crippen LogP contribution in [0, 0.1) is 6.92 Å². The van der Waals surface area contributed by atoms with Crippen molar-refractivity contribution in [2.75, 3.05) is 26.4 Å². The Morgan fingerprint density at radius 2 is 1.78 bits per heavy atom. The number of halogens is 3. The number of nitrogens with one attached hydrogen (secondary N) is 1. The molecule has 0 bridgehead atoms. The monoisotopic (exact) mass is 531 g/mol. The van der Waals surface area contributed by atoms with Crippen LogP contribution in [0.4, 0.5) is 13.2 Å². The molecule has 2 N–H and O–H groups in total. The van der Waals surface area contributed by atoms with Gasteiger partial charge in [0.05, 0.1) is 30.3 Å². The van der Waals surface area contributed by atoms with E-state index in [-0.39, 0.29) is 50.8 Å². The first kappa shape index (κ1) is 27.9. The number of hydrogen-bond acceptors (Lipinski definition) is 7. The van der Waals surface area contributed by atoms with E-state index >= 15 is 0 Å². The highest BCUT2D eigenvalue weighted by Gasteiger charge is 2.52. The number of benzene rings is 2. The molecule has 1 heterocycles. The fourth-order valence-electron chi connectivity index (χ4n) is 4.01. The maximum atomic E-state index is 13.2. The van der Waals surface area contributed by atoms with Crippen molar-refractivity contribution < 1.29 is 45.8 Å². The van der Waals surface area contributed by atoms with Crippen LogP contribution in [-0.4, -0.2) is 50.7 Å². The van der Waals surface area contributed by atoms with Gasteiger partial charge in [-0.1, -0.05) is 11.6 Å². The number of amides is 1. The number of hydroxylamine groups is 1. The molecule has 3 rings (SSSR count). The van der Waals surface area contributed by atoms with Crippen molar-refractivity contribution in [3.05, 3.63) is 59.2 Å². The number of aryl methyl sites for hydroxylation is 1. The summed E-state index contributed by atoms with van der Waals surface area (Å²) in [6.45, 7) is 2.26. The van der Waals surface area contributed by atoms with Crippen LogP contribution in [0.25, 0.3) is 0 Å². The number of rotatable bonds is 10. The Bertz CT molecular complexity index is 1150. The molecule has 2 aromatic rings. The minimum atomic E-state index is -4.42. The van der Waals surface area contributed by atoms with Crippen LogP contribution in [-0.2, 0) is 36.9 Å². The van der Waals surface area contributed by atoms with E-state index in [0.717, 1.165) is 12.1 Å². The van der Waals surface area contributed by atoms with Crippen LogP contribution in [0.1, 0.15) is 36.0 Å². The van der Waals surface area contributed by atoms with E-state index in [2.05, 4.69) is 0 Å². The molecular formula is C24H28F3NO7S. The van der Waals surface area contributed by atoms with Gasteiger partial charge in [-0.05, 0) is 61.7 Å². The van der Waals surface area contributed by atoms with E-state index in [1.807, 2.05) is 0 Å². The highest BCUT2D eigenvalue weighted by Crippen LogP contribution is 2.36. The van der Waals surface area contributed by atoms with Crippen LogP contribution in [0.15, 0.2) is 47.4 Å². The smallest absolute Gasteiger partial charge is 0.416 e. The quantitative estimate of drug-likeness (QED) is 0.272. The number of sulfone groups is 1. The van der Waals surface area contributed by atoms with Crippen molar-refractivity contribution in [3.8, 4) is 5.75 Å². The van der Waals surface area contributed by atoms with E-state index in [0.29, 0.717) is 23.3 Å². The summed E-state index contributed by atoms with van der Waals surface area (Å²) in [7, 11) is -4.12. The lowest BCUT2D eigenvalue weighted by molar-refractivity contribution is -0.137. The Labute approximate surface area is 207 Å². The number of ether oxygens (including phenoxy) is 3. The third-order valence-electron chi connectivity index (χ3n) is 5.90. The lowest BCUT2D eigenvalue weighted by Crippen LogP contribution is -2.54. The lowest BCUT2D eigenvalue weighted by Gasteiger charge is -2.34. The Morgan fingerprint density at radius 3 is 2.39 bits per heavy atom. The maximum Gasteiger partial charge on any atom is 0.416 e. The zero-order chi connectivity index (χ0) is 26.4. The fraction of sp³-hybridized carbons (Fsp3) is 0.458. The van der Waals surface area contributed by atoms with Gasteiger partial charge in [0.1, 0.15) is 5.75 Å². The summed E-state index contributed by atoms with van der Waals surface area (Å²) in [4.78, 5) is 12.2. The van der Waals surface area contributed by atoms with Crippen LogP contribution < -0.4 is 10.2 Å². The molecule has 8 nitrogen and oxygen atoms in total. The first-order valence-electron chi connectivity index (χ1n) is 11.2. The number of hydrogen-bond donors (Lipinski definition) is 2. The van der Waals surface area contributed by atoms with Gasteiger partial charge >= 0.3 is 6.18 Å². The minimum Gasteiger partial charge on any atom is -0.494 e. The number of alkyl halides is 3. The molecule has 1 amide bonds. The van der Waals surface area contributed by atoms with Crippen molar-refractivity contribution in [2.45, 2.75) is 48.6 Å². The van der Waals surface area contributed by atoms with Gasteiger partial charge in [0.2, 0.25) is 0 Å². The predicted octanol–water partition coefficient (Wildman–Crippen LogP) is 3.83. The molecule has 1 aliphatic rings. The van der Waals surface area contributed by atoms with Crippen LogP contribution in [0.2, 0.25) is 0 Å². The normalized spacial score (nSPS) is 15.9. The molecule has 0 spiro atoms. The average Bonchev–Trinajstić information content (AvgIpc) is 2.85. The molecule has 1 fully saturated rings. The molecule has 12 heteroatoms. The molecule has 0 unspecified atom stereocenters. The molecule has 0 radical (unpaired) electrons. The fourth-order valence-corrected chi connectivity index (χ4v) is 5.95. The van der Waals surface area contributed by atoms with Gasteiger partial charge in [-0.25, -0.2) is 13.9 Å². The maximum absolute atomic E-state index is 13.2. The van der Waals surface area contributed by atoms with Gasteiger partial charge in [-0.15, -0.1) is 0 Å². The number of carbonyl (C=O) groups excluding carboxylic acids is 1. The average molecular weight is 532 g/mol. The third-order valence-corrected chi connectivity index (χ3v) is 8.41. The molecular weight excluding hydrogens is 503 g/mol. The summed E-state index contributed by atoms with van der Waals surface area (Å²) in [5.41, 5.74) is 1.68. The molecule has 2 aromatic carbocycles. The van der Waals surface area contributed by atoms with Gasteiger partial charge in [0.25, 0.3) is 5.91 Å². The second-order valence-corrected chi connectivity index (χ2v) is 10.7. The second kappa shape index (κ2) is 11.6. The van der Waals surface area contributed by atoms with E-state index in [1.54, 1.807) is 13.0 Å². The first-order chi connectivity index (χ1) is 17.0. The van der Waals surface area contributed by atoms with Crippen molar-refractivity contribution in [1.82, 2.24) is 5.48 Å². The van der Waals surface area contributed by atoms with Crippen LogP contribution >= 0.6 is 0 Å². The van der Waals surface area contributed by atoms with Crippen molar-refractivity contribution in [3.63, 3.8) is 0 Å². The number of carbonyl (C=O) groups is 1. The Hall–Kier alpha value is -2.67. The second-order valence-electron chi connectivity index (χ2n) is 8.48. The molecule has 1 aliphatic heterocycles. The zero-order valence-corrected chi connectivity index (χ0v) is 20.5. The molecule has 0 saturated carbocycles. The summed E-state index contributed by atoms with van der Waals surface area (Å²) in [5, 5.41) is 9.11. The van der Waals surface area contributed by atoms with Crippen molar-refractivity contribution in [2.24, 2.45) is 0 Å². The standard InChI is InChI=1S/C24H28F3NO7S/c1-17-13-18(15-19(14-17)24(25,26)27)16-34-9-2-10-35-20-3-5-21(6-4-20)36(31,32)23(22(29)28-30)7-11-33-12-8-23/h3-6,13-15,30H,2,7-12,16H2,1H3,(H,28,29). The van der Waals surface area contributed by atoms with E-state index in [9.17, 15) is 26.4 Å². The van der Waals surface area contributed by atoms with E-state index in [4.69, 9.17) is 19.4 Å². The molecule has 198 valence electrons. The molecule has 36 heavy (non-hydrogen) atoms. The van der Waals surface area contributed by atoms with Gasteiger partial charge in [-0.2, -0.15) is 13.2 Å². The third kappa shape index (κ3) is 6.36. The van der Waals surface area contributed by atoms with Gasteiger partial charge in [0.15, 0.2) is 14.6 Å². The first-order valence-corrected chi connectivity index (χ1v) is 12.7. The van der Waals surface area contributed by atoms with Crippen molar-refractivity contribution >= 4 is 15.7 Å². The highest BCUT2D eigenvalue weighted by atomic mass is 32.2. The Kier molecular flexibility index (Phi) is 8.98. The van der Waals surface area contributed by atoms with Gasteiger partial charge in [-0.3, -0.25) is 10.0 Å². The summed E-state index contributed by atoms with van der Waals surface area (Å²) >= 11 is 0. The minimum absolute atomic E-state index is 0.0333. The Morgan fingerprint density at radius 1 is 1.11 bits per heavy atom. The van der Waals surface area contributed by atoms with Crippen molar-refractivity contribution in [1.29, 1.82) is 0 Å². The van der Waals surface area contributed by atoms with E-state index in [1.165, 1.54) is 29.7 Å². The highest BCUT2D eigenvalue weighted by molar-refractivity contribution is 7.93. The Balaban J connectivity index is 1.51. The topological polar surface area (TPSA) is 111 Å².